The van der Waals surface area contributed by atoms with Gasteiger partial charge in [-0.15, -0.1) is 0 Å². The van der Waals surface area contributed by atoms with Crippen LogP contribution in [0.2, 0.25) is 0 Å². The zero-order valence-electron chi connectivity index (χ0n) is 7.67. The molecule has 2 N–H and O–H groups in total. The van der Waals surface area contributed by atoms with Gasteiger partial charge >= 0.3 is 0 Å². The van der Waals surface area contributed by atoms with E-state index in [-0.39, 0.29) is 0 Å². The molecule has 64 valence electrons. The van der Waals surface area contributed by atoms with E-state index >= 15 is 0 Å². The molecule has 0 aliphatic carbocycles. The van der Waals surface area contributed by atoms with Crippen molar-refractivity contribution in [1.29, 1.82) is 0 Å². The second-order valence-electron chi connectivity index (χ2n) is 3.00. The van der Waals surface area contributed by atoms with E-state index in [0.717, 1.165) is 0 Å². The highest BCUT2D eigenvalue weighted by Gasteiger charge is 1.92. The van der Waals surface area contributed by atoms with Crippen LogP contribution in [0.15, 0.2) is 24.3 Å². The van der Waals surface area contributed by atoms with Gasteiger partial charge in [0.25, 0.3) is 0 Å². The maximum Gasteiger partial charge on any atom is 0.0110 e. The summed E-state index contributed by atoms with van der Waals surface area (Å²) in [5, 5.41) is 0. The summed E-state index contributed by atoms with van der Waals surface area (Å²) in [6, 6.07) is 6.42. The van der Waals surface area contributed by atoms with Crippen LogP contribution in [0.5, 0.6) is 0 Å². The van der Waals surface area contributed by atoms with Crippen LogP contribution in [-0.4, -0.2) is 6.54 Å². The van der Waals surface area contributed by atoms with Crippen LogP contribution in [-0.2, 0) is 0 Å². The average Bonchev–Trinajstić information content (AvgIpc) is 2.07. The van der Waals surface area contributed by atoms with Gasteiger partial charge in [0, 0.05) is 6.54 Å². The second-order valence-corrected chi connectivity index (χ2v) is 3.00. The fraction of sp³-hybridized carbons (Fsp3) is 0.273. The van der Waals surface area contributed by atoms with Crippen molar-refractivity contribution in [2.75, 3.05) is 6.54 Å². The lowest BCUT2D eigenvalue weighted by molar-refractivity contribution is 1.26. The average molecular weight is 161 g/mol. The van der Waals surface area contributed by atoms with Crippen LogP contribution in [0.1, 0.15) is 16.7 Å². The molecular formula is C11H15N. The Balaban J connectivity index is 2.97. The van der Waals surface area contributed by atoms with E-state index in [2.05, 4.69) is 38.1 Å². The number of nitrogens with two attached hydrogens (primary N) is 1. The zero-order chi connectivity index (χ0) is 8.97. The smallest absolute Gasteiger partial charge is 0.0110 e. The summed E-state index contributed by atoms with van der Waals surface area (Å²) in [7, 11) is 0. The van der Waals surface area contributed by atoms with Gasteiger partial charge in [0.05, 0.1) is 0 Å². The van der Waals surface area contributed by atoms with E-state index in [1.165, 1.54) is 16.7 Å². The molecule has 0 spiro atoms. The highest BCUT2D eigenvalue weighted by atomic mass is 14.5. The van der Waals surface area contributed by atoms with Gasteiger partial charge in [-0.1, -0.05) is 35.9 Å². The molecule has 0 atom stereocenters. The van der Waals surface area contributed by atoms with Crippen LogP contribution in [0.25, 0.3) is 6.08 Å². The van der Waals surface area contributed by atoms with Gasteiger partial charge in [-0.2, -0.15) is 0 Å². The van der Waals surface area contributed by atoms with Crippen molar-refractivity contribution in [3.05, 3.63) is 41.0 Å². The fourth-order valence-corrected chi connectivity index (χ4v) is 1.13. The van der Waals surface area contributed by atoms with E-state index in [1.54, 1.807) is 0 Å². The topological polar surface area (TPSA) is 26.0 Å². The SMILES string of the molecule is Cc1ccc(C)c(/C=C\CN)c1. The highest BCUT2D eigenvalue weighted by Crippen LogP contribution is 2.11. The predicted octanol–water partition coefficient (Wildman–Crippen LogP) is 2.28. The quantitative estimate of drug-likeness (QED) is 0.707. The van der Waals surface area contributed by atoms with Crippen molar-refractivity contribution < 1.29 is 0 Å². The summed E-state index contributed by atoms with van der Waals surface area (Å²) in [4.78, 5) is 0. The first-order valence-corrected chi connectivity index (χ1v) is 4.18. The van der Waals surface area contributed by atoms with Gasteiger partial charge in [0.1, 0.15) is 0 Å². The molecule has 0 aliphatic rings. The maximum absolute atomic E-state index is 5.38. The Morgan fingerprint density at radius 2 is 2.08 bits per heavy atom. The van der Waals surface area contributed by atoms with Crippen molar-refractivity contribution >= 4 is 6.08 Å². The van der Waals surface area contributed by atoms with Crippen LogP contribution in [0.4, 0.5) is 0 Å². The molecule has 0 fully saturated rings. The van der Waals surface area contributed by atoms with Crippen LogP contribution < -0.4 is 5.73 Å². The summed E-state index contributed by atoms with van der Waals surface area (Å²) in [6.45, 7) is 4.81. The third kappa shape index (κ3) is 2.21. The van der Waals surface area contributed by atoms with Gasteiger partial charge in [-0.05, 0) is 25.0 Å². The van der Waals surface area contributed by atoms with E-state index in [0.29, 0.717) is 6.54 Å². The third-order valence-corrected chi connectivity index (χ3v) is 1.87. The first-order chi connectivity index (χ1) is 5.74. The molecule has 1 heteroatoms. The number of hydrogen-bond acceptors (Lipinski definition) is 1. The number of aryl methyl sites for hydroxylation is 2. The summed E-state index contributed by atoms with van der Waals surface area (Å²) in [5.41, 5.74) is 9.23. The molecule has 0 bridgehead atoms. The molecule has 1 aromatic rings. The number of benzene rings is 1. The molecule has 0 unspecified atom stereocenters. The first kappa shape index (κ1) is 9.01. The van der Waals surface area contributed by atoms with Gasteiger partial charge < -0.3 is 5.73 Å². The Morgan fingerprint density at radius 1 is 1.33 bits per heavy atom. The lowest BCUT2D eigenvalue weighted by atomic mass is 10.1. The molecule has 1 rings (SSSR count). The number of rotatable bonds is 2. The molecule has 0 saturated carbocycles. The molecule has 0 heterocycles. The Hall–Kier alpha value is -1.08. The van der Waals surface area contributed by atoms with Crippen molar-refractivity contribution in [2.45, 2.75) is 13.8 Å². The van der Waals surface area contributed by atoms with E-state index < -0.39 is 0 Å². The second kappa shape index (κ2) is 4.07. The Morgan fingerprint density at radius 3 is 2.75 bits per heavy atom. The summed E-state index contributed by atoms with van der Waals surface area (Å²) >= 11 is 0. The van der Waals surface area contributed by atoms with E-state index in [1.807, 2.05) is 6.08 Å². The first-order valence-electron chi connectivity index (χ1n) is 4.18. The lowest BCUT2D eigenvalue weighted by Crippen LogP contribution is -1.92. The van der Waals surface area contributed by atoms with E-state index in [9.17, 15) is 0 Å². The lowest BCUT2D eigenvalue weighted by Gasteiger charge is -2.00. The highest BCUT2D eigenvalue weighted by molar-refractivity contribution is 5.54. The van der Waals surface area contributed by atoms with Crippen molar-refractivity contribution in [1.82, 2.24) is 0 Å². The van der Waals surface area contributed by atoms with Crippen molar-refractivity contribution in [2.24, 2.45) is 5.73 Å². The molecule has 0 amide bonds. The summed E-state index contributed by atoms with van der Waals surface area (Å²) in [6.07, 6.45) is 4.05. The largest absolute Gasteiger partial charge is 0.327 e. The zero-order valence-corrected chi connectivity index (χ0v) is 7.67. The monoisotopic (exact) mass is 161 g/mol. The van der Waals surface area contributed by atoms with Crippen LogP contribution in [0, 0.1) is 13.8 Å². The number of hydrogen-bond donors (Lipinski definition) is 1. The minimum atomic E-state index is 0.605. The summed E-state index contributed by atoms with van der Waals surface area (Å²) in [5.74, 6) is 0. The predicted molar refractivity (Wildman–Crippen MR) is 54.0 cm³/mol. The Labute approximate surface area is 73.9 Å². The Kier molecular flexibility index (Phi) is 3.06. The molecule has 0 saturated heterocycles. The summed E-state index contributed by atoms with van der Waals surface area (Å²) < 4.78 is 0. The standard InChI is InChI=1S/C11H15N/c1-9-5-6-10(2)11(8-9)4-3-7-12/h3-6,8H,7,12H2,1-2H3/b4-3-. The third-order valence-electron chi connectivity index (χ3n) is 1.87. The van der Waals surface area contributed by atoms with Gasteiger partial charge in [-0.25, -0.2) is 0 Å². The van der Waals surface area contributed by atoms with Crippen molar-refractivity contribution in [3.8, 4) is 0 Å². The molecule has 12 heavy (non-hydrogen) atoms. The molecule has 1 nitrogen and oxygen atoms in total. The molecule has 0 aromatic heterocycles. The van der Waals surface area contributed by atoms with Crippen molar-refractivity contribution in [3.63, 3.8) is 0 Å². The Bertz CT molecular complexity index is 287. The molecule has 0 aliphatic heterocycles. The van der Waals surface area contributed by atoms with Crippen LogP contribution in [0.3, 0.4) is 0 Å². The fourth-order valence-electron chi connectivity index (χ4n) is 1.13. The minimum Gasteiger partial charge on any atom is -0.327 e. The minimum absolute atomic E-state index is 0.605. The van der Waals surface area contributed by atoms with Gasteiger partial charge in [0.2, 0.25) is 0 Å². The maximum atomic E-state index is 5.38. The molecule has 0 radical (unpaired) electrons. The van der Waals surface area contributed by atoms with Gasteiger partial charge in [-0.3, -0.25) is 0 Å². The molecule has 1 aromatic carbocycles. The normalized spacial score (nSPS) is 10.9. The van der Waals surface area contributed by atoms with Gasteiger partial charge in [0.15, 0.2) is 0 Å². The van der Waals surface area contributed by atoms with Crippen LogP contribution >= 0.6 is 0 Å². The van der Waals surface area contributed by atoms with E-state index in [4.69, 9.17) is 5.73 Å². The molecular weight excluding hydrogens is 146 g/mol.